The number of hydrogen-bond donors (Lipinski definition) is 2. The second kappa shape index (κ2) is 15.8. The van der Waals surface area contributed by atoms with E-state index in [4.69, 9.17) is 0 Å². The Balaban J connectivity index is 6.15. The van der Waals surface area contributed by atoms with Crippen LogP contribution < -0.4 is 10.6 Å². The normalized spacial score (nSPS) is 15.5. The van der Waals surface area contributed by atoms with Crippen LogP contribution in [0.5, 0.6) is 0 Å². The number of carbonyl (C=O) groups is 5. The summed E-state index contributed by atoms with van der Waals surface area (Å²) in [5.41, 5.74) is 0. The van der Waals surface area contributed by atoms with Crippen LogP contribution in [0.1, 0.15) is 75.2 Å². The van der Waals surface area contributed by atoms with E-state index in [9.17, 15) is 24.0 Å². The molecule has 0 rings (SSSR count). The van der Waals surface area contributed by atoms with Crippen molar-refractivity contribution >= 4 is 29.4 Å². The average molecular weight is 540 g/mol. The first-order valence-electron chi connectivity index (χ1n) is 13.7. The molecule has 220 valence electrons. The van der Waals surface area contributed by atoms with Crippen molar-refractivity contribution in [3.8, 4) is 0 Å². The first-order valence-corrected chi connectivity index (χ1v) is 13.7. The second-order valence-corrected chi connectivity index (χ2v) is 11.7. The zero-order valence-corrected chi connectivity index (χ0v) is 25.9. The standard InChI is InChI=1S/C28H53N5O5/c1-16(2)14-22(31(11)26(36)20(8)30-25(35)19(7)29-10)27(37)32(12)23(15-17(3)4)28(38)33(13)24(18(5)6)21(9)34/h16-20,22-24,29H,14-15H2,1-13H3,(H,30,35)/t19-,20+,22-,23-,24-/m1/s1. The fraction of sp³-hybridized carbons (Fsp3) is 0.821. The number of carbonyl (C=O) groups excluding carboxylic acids is 5. The van der Waals surface area contributed by atoms with Crippen molar-refractivity contribution in [2.45, 2.75) is 105 Å². The molecule has 10 nitrogen and oxygen atoms in total. The molecule has 0 aromatic heterocycles. The number of nitrogens with one attached hydrogen (secondary N) is 2. The van der Waals surface area contributed by atoms with Gasteiger partial charge in [0.1, 0.15) is 18.1 Å². The molecule has 0 aliphatic carbocycles. The molecule has 2 N–H and O–H groups in total. The fourth-order valence-corrected chi connectivity index (χ4v) is 4.68. The summed E-state index contributed by atoms with van der Waals surface area (Å²) in [6.45, 7) is 16.4. The number of amides is 4. The fourth-order valence-electron chi connectivity index (χ4n) is 4.68. The van der Waals surface area contributed by atoms with E-state index in [1.54, 1.807) is 42.0 Å². The van der Waals surface area contributed by atoms with Gasteiger partial charge in [0.05, 0.1) is 12.1 Å². The van der Waals surface area contributed by atoms with Crippen LogP contribution >= 0.6 is 0 Å². The molecule has 0 saturated carbocycles. The predicted octanol–water partition coefficient (Wildman–Crippen LogP) is 1.92. The van der Waals surface area contributed by atoms with E-state index in [1.807, 2.05) is 41.5 Å². The smallest absolute Gasteiger partial charge is 0.245 e. The summed E-state index contributed by atoms with van der Waals surface area (Å²) in [7, 11) is 6.41. The Labute approximate surface area is 230 Å². The molecule has 0 unspecified atom stereocenters. The van der Waals surface area contributed by atoms with E-state index in [1.165, 1.54) is 21.6 Å². The van der Waals surface area contributed by atoms with Crippen LogP contribution in [0.2, 0.25) is 0 Å². The molecule has 0 radical (unpaired) electrons. The Hall–Kier alpha value is -2.49. The average Bonchev–Trinajstić information content (AvgIpc) is 2.82. The van der Waals surface area contributed by atoms with Gasteiger partial charge in [-0.3, -0.25) is 24.0 Å². The van der Waals surface area contributed by atoms with Crippen molar-refractivity contribution in [3.63, 3.8) is 0 Å². The van der Waals surface area contributed by atoms with E-state index >= 15 is 0 Å². The Bertz CT molecular complexity index is 828. The van der Waals surface area contributed by atoms with Crippen molar-refractivity contribution in [3.05, 3.63) is 0 Å². The minimum absolute atomic E-state index is 0.0815. The maximum Gasteiger partial charge on any atom is 0.245 e. The first-order chi connectivity index (χ1) is 17.4. The van der Waals surface area contributed by atoms with Gasteiger partial charge in [0.2, 0.25) is 23.6 Å². The van der Waals surface area contributed by atoms with Crippen molar-refractivity contribution in [2.24, 2.45) is 17.8 Å². The van der Waals surface area contributed by atoms with Gasteiger partial charge in [-0.1, -0.05) is 41.5 Å². The minimum atomic E-state index is -0.835. The third kappa shape index (κ3) is 10.0. The van der Waals surface area contributed by atoms with E-state index in [0.717, 1.165) is 0 Å². The van der Waals surface area contributed by atoms with Gasteiger partial charge >= 0.3 is 0 Å². The SMILES string of the molecule is CN[C@H](C)C(=O)N[C@@H](C)C(=O)N(C)[C@H](CC(C)C)C(=O)N(C)[C@H](CC(C)C)C(=O)N(C)[C@@H](C(C)=O)C(C)C. The number of nitrogens with zero attached hydrogens (tertiary/aromatic N) is 3. The molecule has 0 aliphatic rings. The Morgan fingerprint density at radius 1 is 0.632 bits per heavy atom. The number of Topliss-reactive ketones (excluding diaryl/α,β-unsaturated/α-hetero) is 1. The molecule has 0 fully saturated rings. The number of rotatable bonds is 15. The molecule has 0 spiro atoms. The summed E-state index contributed by atoms with van der Waals surface area (Å²) in [4.78, 5) is 69.8. The van der Waals surface area contributed by atoms with Gasteiger partial charge in [-0.05, 0) is 58.4 Å². The largest absolute Gasteiger partial charge is 0.343 e. The summed E-state index contributed by atoms with van der Waals surface area (Å²) >= 11 is 0. The van der Waals surface area contributed by atoms with Crippen molar-refractivity contribution in [1.82, 2.24) is 25.3 Å². The molecule has 0 saturated heterocycles. The summed E-state index contributed by atoms with van der Waals surface area (Å²) in [5.74, 6) is -1.37. The van der Waals surface area contributed by atoms with E-state index in [2.05, 4.69) is 10.6 Å². The van der Waals surface area contributed by atoms with Crippen LogP contribution in [0.15, 0.2) is 0 Å². The lowest BCUT2D eigenvalue weighted by molar-refractivity contribution is -0.153. The van der Waals surface area contributed by atoms with Gasteiger partial charge in [-0.2, -0.15) is 0 Å². The Morgan fingerprint density at radius 2 is 1.03 bits per heavy atom. The Morgan fingerprint density at radius 3 is 1.37 bits per heavy atom. The van der Waals surface area contributed by atoms with Crippen molar-refractivity contribution in [1.29, 1.82) is 0 Å². The van der Waals surface area contributed by atoms with E-state index < -0.39 is 36.1 Å². The highest BCUT2D eigenvalue weighted by Gasteiger charge is 2.39. The lowest BCUT2D eigenvalue weighted by Gasteiger charge is -2.39. The molecule has 10 heteroatoms. The maximum absolute atomic E-state index is 13.9. The van der Waals surface area contributed by atoms with Crippen molar-refractivity contribution in [2.75, 3.05) is 28.2 Å². The van der Waals surface area contributed by atoms with Crippen LogP contribution in [-0.4, -0.2) is 103 Å². The van der Waals surface area contributed by atoms with Crippen LogP contribution in [0, 0.1) is 17.8 Å². The van der Waals surface area contributed by atoms with Crippen molar-refractivity contribution < 1.29 is 24.0 Å². The van der Waals surface area contributed by atoms with Crippen LogP contribution in [0.4, 0.5) is 0 Å². The van der Waals surface area contributed by atoms with Gasteiger partial charge in [0.15, 0.2) is 5.78 Å². The van der Waals surface area contributed by atoms with Crippen LogP contribution in [0.3, 0.4) is 0 Å². The van der Waals surface area contributed by atoms with E-state index in [0.29, 0.717) is 12.8 Å². The van der Waals surface area contributed by atoms with Crippen LogP contribution in [0.25, 0.3) is 0 Å². The van der Waals surface area contributed by atoms with Gasteiger partial charge < -0.3 is 25.3 Å². The third-order valence-corrected chi connectivity index (χ3v) is 6.96. The lowest BCUT2D eigenvalue weighted by Crippen LogP contribution is -2.59. The van der Waals surface area contributed by atoms with Gasteiger partial charge in [-0.25, -0.2) is 0 Å². The summed E-state index contributed by atoms with van der Waals surface area (Å²) < 4.78 is 0. The minimum Gasteiger partial charge on any atom is -0.343 e. The predicted molar refractivity (Wildman–Crippen MR) is 150 cm³/mol. The molecule has 0 heterocycles. The molecular weight excluding hydrogens is 486 g/mol. The Kier molecular flexibility index (Phi) is 14.8. The number of ketones is 1. The summed E-state index contributed by atoms with van der Waals surface area (Å²) in [5, 5.41) is 5.53. The molecule has 0 bridgehead atoms. The molecular formula is C28H53N5O5. The lowest BCUT2D eigenvalue weighted by atomic mass is 9.95. The third-order valence-electron chi connectivity index (χ3n) is 6.96. The molecule has 0 aromatic rings. The highest BCUT2D eigenvalue weighted by Crippen LogP contribution is 2.21. The second-order valence-electron chi connectivity index (χ2n) is 11.7. The van der Waals surface area contributed by atoms with Gasteiger partial charge in [0, 0.05) is 21.1 Å². The first kappa shape index (κ1) is 35.5. The topological polar surface area (TPSA) is 119 Å². The number of likely N-dealkylation sites (N-methyl/N-ethyl adjacent to an activating group) is 4. The quantitative estimate of drug-likeness (QED) is 0.328. The highest BCUT2D eigenvalue weighted by atomic mass is 16.2. The molecule has 5 atom stereocenters. The van der Waals surface area contributed by atoms with Gasteiger partial charge in [0.25, 0.3) is 0 Å². The summed E-state index contributed by atoms with van der Waals surface area (Å²) in [6.07, 6.45) is 0.800. The molecule has 0 aliphatic heterocycles. The number of hydrogen-bond acceptors (Lipinski definition) is 6. The zero-order valence-electron chi connectivity index (χ0n) is 25.9. The maximum atomic E-state index is 13.9. The zero-order chi connectivity index (χ0) is 30.1. The highest BCUT2D eigenvalue weighted by molar-refractivity contribution is 5.95. The van der Waals surface area contributed by atoms with Crippen LogP contribution in [-0.2, 0) is 24.0 Å². The molecule has 38 heavy (non-hydrogen) atoms. The van der Waals surface area contributed by atoms with E-state index in [-0.39, 0.29) is 41.3 Å². The monoisotopic (exact) mass is 539 g/mol. The summed E-state index contributed by atoms with van der Waals surface area (Å²) in [6, 6.07) is -3.52. The molecule has 4 amide bonds. The van der Waals surface area contributed by atoms with Gasteiger partial charge in [-0.15, -0.1) is 0 Å². The molecule has 0 aromatic carbocycles.